The third kappa shape index (κ3) is 4.79. The standard InChI is InChI=1S/C9H13N3O4S/c1-16-7(8(13)14)3-11-9(15)10-2-6-4-17-5-12-6/h4-5,7H,2-3H2,1H3,(H,13,14)(H2,10,11,15). The Balaban J connectivity index is 2.23. The molecule has 0 bridgehead atoms. The predicted octanol–water partition coefficient (Wildman–Crippen LogP) is 0.0419. The number of carbonyl (C=O) groups excluding carboxylic acids is 1. The van der Waals surface area contributed by atoms with E-state index < -0.39 is 18.1 Å². The molecule has 0 radical (unpaired) electrons. The number of thiazole rings is 1. The fourth-order valence-electron chi connectivity index (χ4n) is 1.02. The Morgan fingerprint density at radius 1 is 1.59 bits per heavy atom. The van der Waals surface area contributed by atoms with E-state index in [0.717, 1.165) is 5.69 Å². The summed E-state index contributed by atoms with van der Waals surface area (Å²) in [5.41, 5.74) is 2.42. The quantitative estimate of drug-likeness (QED) is 0.669. The maximum Gasteiger partial charge on any atom is 0.334 e. The molecule has 1 unspecified atom stereocenters. The first-order chi connectivity index (χ1) is 8.13. The molecule has 7 nitrogen and oxygen atoms in total. The van der Waals surface area contributed by atoms with E-state index in [4.69, 9.17) is 5.11 Å². The average molecular weight is 259 g/mol. The van der Waals surface area contributed by atoms with E-state index in [9.17, 15) is 9.59 Å². The highest BCUT2D eigenvalue weighted by molar-refractivity contribution is 7.07. The lowest BCUT2D eigenvalue weighted by atomic mass is 10.3. The number of carbonyl (C=O) groups is 2. The summed E-state index contributed by atoms with van der Waals surface area (Å²) in [6, 6.07) is -0.457. The molecule has 1 aromatic rings. The van der Waals surface area contributed by atoms with E-state index in [1.54, 1.807) is 5.51 Å². The zero-order valence-electron chi connectivity index (χ0n) is 9.17. The molecule has 0 aromatic carbocycles. The molecular formula is C9H13N3O4S. The maximum atomic E-state index is 11.3. The van der Waals surface area contributed by atoms with Crippen LogP contribution in [0.5, 0.6) is 0 Å². The van der Waals surface area contributed by atoms with Gasteiger partial charge in [-0.3, -0.25) is 0 Å². The Morgan fingerprint density at radius 3 is 2.88 bits per heavy atom. The number of amides is 2. The first-order valence-electron chi connectivity index (χ1n) is 4.78. The van der Waals surface area contributed by atoms with E-state index in [0.29, 0.717) is 6.54 Å². The minimum atomic E-state index is -1.12. The minimum absolute atomic E-state index is 0.0886. The SMILES string of the molecule is COC(CNC(=O)NCc1cscn1)C(=O)O. The molecular weight excluding hydrogens is 246 g/mol. The van der Waals surface area contributed by atoms with E-state index in [2.05, 4.69) is 20.4 Å². The fraction of sp³-hybridized carbons (Fsp3) is 0.444. The van der Waals surface area contributed by atoms with Crippen LogP contribution in [0, 0.1) is 0 Å². The lowest BCUT2D eigenvalue weighted by Crippen LogP contribution is -2.42. The molecule has 0 spiro atoms. The first-order valence-corrected chi connectivity index (χ1v) is 5.72. The van der Waals surface area contributed by atoms with Crippen molar-refractivity contribution in [3.05, 3.63) is 16.6 Å². The number of rotatable bonds is 6. The summed E-state index contributed by atoms with van der Waals surface area (Å²) in [7, 11) is 1.27. The summed E-state index contributed by atoms with van der Waals surface area (Å²) in [6.07, 6.45) is -1.04. The van der Waals surface area contributed by atoms with Crippen molar-refractivity contribution < 1.29 is 19.4 Å². The van der Waals surface area contributed by atoms with Gasteiger partial charge in [0.25, 0.3) is 0 Å². The second-order valence-electron chi connectivity index (χ2n) is 3.11. The number of ether oxygens (including phenoxy) is 1. The van der Waals surface area contributed by atoms with Gasteiger partial charge < -0.3 is 20.5 Å². The van der Waals surface area contributed by atoms with Crippen molar-refractivity contribution in [2.24, 2.45) is 0 Å². The van der Waals surface area contributed by atoms with Crippen LogP contribution in [0.15, 0.2) is 10.9 Å². The number of urea groups is 1. The number of methoxy groups -OCH3 is 1. The molecule has 17 heavy (non-hydrogen) atoms. The van der Waals surface area contributed by atoms with Gasteiger partial charge >= 0.3 is 12.0 Å². The third-order valence-electron chi connectivity index (χ3n) is 1.92. The van der Waals surface area contributed by atoms with Gasteiger partial charge in [0.2, 0.25) is 0 Å². The molecule has 3 N–H and O–H groups in total. The van der Waals surface area contributed by atoms with Gasteiger partial charge in [-0.15, -0.1) is 11.3 Å². The Labute approximate surface area is 102 Å². The van der Waals surface area contributed by atoms with Gasteiger partial charge in [0.05, 0.1) is 24.3 Å². The number of carboxylic acids is 1. The summed E-state index contributed by atoms with van der Waals surface area (Å²) in [5, 5.41) is 15.4. The molecule has 0 aliphatic rings. The normalized spacial score (nSPS) is 11.8. The number of nitrogens with zero attached hydrogens (tertiary/aromatic N) is 1. The van der Waals surface area contributed by atoms with Crippen LogP contribution < -0.4 is 10.6 Å². The van der Waals surface area contributed by atoms with Crippen molar-refractivity contribution in [2.75, 3.05) is 13.7 Å². The van der Waals surface area contributed by atoms with Crippen molar-refractivity contribution in [3.63, 3.8) is 0 Å². The molecule has 1 heterocycles. The first kappa shape index (κ1) is 13.4. The zero-order valence-corrected chi connectivity index (χ0v) is 9.99. The Bertz CT molecular complexity index is 368. The molecule has 0 fully saturated rings. The van der Waals surface area contributed by atoms with Crippen LogP contribution in [0.2, 0.25) is 0 Å². The van der Waals surface area contributed by atoms with Crippen molar-refractivity contribution in [3.8, 4) is 0 Å². The Kier molecular flexibility index (Phi) is 5.37. The summed E-state index contributed by atoms with van der Waals surface area (Å²) in [4.78, 5) is 25.9. The molecule has 94 valence electrons. The average Bonchev–Trinajstić information content (AvgIpc) is 2.79. The number of carboxylic acid groups (broad SMARTS) is 1. The molecule has 0 saturated heterocycles. The summed E-state index contributed by atoms with van der Waals surface area (Å²) in [5.74, 6) is -1.12. The number of aliphatic carboxylic acids is 1. The van der Waals surface area contributed by atoms with Crippen molar-refractivity contribution in [1.82, 2.24) is 15.6 Å². The molecule has 1 rings (SSSR count). The Hall–Kier alpha value is -1.67. The van der Waals surface area contributed by atoms with Crippen LogP contribution >= 0.6 is 11.3 Å². The second-order valence-corrected chi connectivity index (χ2v) is 3.82. The molecule has 8 heteroatoms. The van der Waals surface area contributed by atoms with Crippen LogP contribution in [0.1, 0.15) is 5.69 Å². The topological polar surface area (TPSA) is 101 Å². The summed E-state index contributed by atoms with van der Waals surface area (Å²) >= 11 is 1.44. The van der Waals surface area contributed by atoms with Crippen LogP contribution in [0.4, 0.5) is 4.79 Å². The van der Waals surface area contributed by atoms with Crippen LogP contribution in [-0.2, 0) is 16.1 Å². The van der Waals surface area contributed by atoms with Gasteiger partial charge in [-0.2, -0.15) is 0 Å². The molecule has 0 saturated carbocycles. The fourth-order valence-corrected chi connectivity index (χ4v) is 1.57. The minimum Gasteiger partial charge on any atom is -0.479 e. The number of nitrogens with one attached hydrogen (secondary N) is 2. The van der Waals surface area contributed by atoms with Crippen LogP contribution in [-0.4, -0.2) is 41.8 Å². The smallest absolute Gasteiger partial charge is 0.334 e. The maximum absolute atomic E-state index is 11.3. The molecule has 1 aromatic heterocycles. The van der Waals surface area contributed by atoms with Crippen molar-refractivity contribution >= 4 is 23.3 Å². The largest absolute Gasteiger partial charge is 0.479 e. The highest BCUT2D eigenvalue weighted by atomic mass is 32.1. The number of hydrogen-bond acceptors (Lipinski definition) is 5. The van der Waals surface area contributed by atoms with E-state index in [1.165, 1.54) is 18.4 Å². The predicted molar refractivity (Wildman–Crippen MR) is 60.8 cm³/mol. The summed E-state index contributed by atoms with van der Waals surface area (Å²) < 4.78 is 4.66. The lowest BCUT2D eigenvalue weighted by Gasteiger charge is -2.11. The van der Waals surface area contributed by atoms with E-state index in [1.807, 2.05) is 5.38 Å². The van der Waals surface area contributed by atoms with Gasteiger partial charge in [-0.05, 0) is 0 Å². The third-order valence-corrected chi connectivity index (χ3v) is 2.56. The highest BCUT2D eigenvalue weighted by Crippen LogP contribution is 1.99. The van der Waals surface area contributed by atoms with E-state index in [-0.39, 0.29) is 6.54 Å². The molecule has 1 atom stereocenters. The van der Waals surface area contributed by atoms with Gasteiger partial charge in [0.15, 0.2) is 6.10 Å². The van der Waals surface area contributed by atoms with Crippen LogP contribution in [0.3, 0.4) is 0 Å². The number of aromatic nitrogens is 1. The van der Waals surface area contributed by atoms with Crippen molar-refractivity contribution in [2.45, 2.75) is 12.6 Å². The Morgan fingerprint density at radius 2 is 2.35 bits per heavy atom. The molecule has 0 aliphatic heterocycles. The van der Waals surface area contributed by atoms with E-state index >= 15 is 0 Å². The number of hydrogen-bond donors (Lipinski definition) is 3. The zero-order chi connectivity index (χ0) is 12.7. The highest BCUT2D eigenvalue weighted by Gasteiger charge is 2.16. The molecule has 2 amide bonds. The monoisotopic (exact) mass is 259 g/mol. The molecule has 0 aliphatic carbocycles. The van der Waals surface area contributed by atoms with Gasteiger partial charge in [0.1, 0.15) is 0 Å². The van der Waals surface area contributed by atoms with Gasteiger partial charge in [-0.25, -0.2) is 14.6 Å². The van der Waals surface area contributed by atoms with Crippen LogP contribution in [0.25, 0.3) is 0 Å². The van der Waals surface area contributed by atoms with Crippen molar-refractivity contribution in [1.29, 1.82) is 0 Å². The van der Waals surface area contributed by atoms with Gasteiger partial charge in [0, 0.05) is 12.5 Å². The summed E-state index contributed by atoms with van der Waals surface area (Å²) in [6.45, 7) is 0.217. The van der Waals surface area contributed by atoms with Gasteiger partial charge in [-0.1, -0.05) is 0 Å². The lowest BCUT2D eigenvalue weighted by molar-refractivity contribution is -0.147. The second kappa shape index (κ2) is 6.81.